The van der Waals surface area contributed by atoms with Gasteiger partial charge in [0.1, 0.15) is 0 Å². The third-order valence-corrected chi connectivity index (χ3v) is 4.48. The fourth-order valence-electron chi connectivity index (χ4n) is 2.92. The Labute approximate surface area is 129 Å². The molecule has 0 spiro atoms. The lowest BCUT2D eigenvalue weighted by molar-refractivity contribution is 0.586. The average molecular weight is 281 g/mol. The number of rotatable bonds is 2. The Morgan fingerprint density at radius 1 is 1.00 bits per heavy atom. The molecule has 0 saturated carbocycles. The van der Waals surface area contributed by atoms with E-state index in [0.717, 1.165) is 0 Å². The molecule has 1 unspecified atom stereocenters. The number of hydrogen-bond acceptors (Lipinski definition) is 1. The number of nitrogens with zero attached hydrogens (tertiary/aromatic N) is 1. The van der Waals surface area contributed by atoms with Gasteiger partial charge in [-0.3, -0.25) is 4.99 Å². The maximum atomic E-state index is 4.69. The van der Waals surface area contributed by atoms with Crippen molar-refractivity contribution in [2.24, 2.45) is 10.9 Å². The van der Waals surface area contributed by atoms with Gasteiger partial charge in [-0.05, 0) is 69.4 Å². The summed E-state index contributed by atoms with van der Waals surface area (Å²) >= 11 is 0. The van der Waals surface area contributed by atoms with E-state index < -0.39 is 0 Å². The lowest BCUT2D eigenvalue weighted by Crippen LogP contribution is -2.10. The van der Waals surface area contributed by atoms with Gasteiger partial charge in [0.2, 0.25) is 0 Å². The minimum atomic E-state index is -0.0398. The number of benzene rings is 1. The van der Waals surface area contributed by atoms with Crippen LogP contribution in [0.5, 0.6) is 0 Å². The molecule has 1 nitrogen and oxygen atoms in total. The Morgan fingerprint density at radius 2 is 1.62 bits per heavy atom. The Balaban J connectivity index is 2.51. The van der Waals surface area contributed by atoms with Crippen LogP contribution in [0, 0.1) is 5.92 Å². The van der Waals surface area contributed by atoms with Crippen LogP contribution in [0.4, 0.5) is 0 Å². The van der Waals surface area contributed by atoms with Crippen LogP contribution < -0.4 is 0 Å². The summed E-state index contributed by atoms with van der Waals surface area (Å²) in [7, 11) is 0. The van der Waals surface area contributed by atoms with Crippen LogP contribution in [-0.4, -0.2) is 11.8 Å². The van der Waals surface area contributed by atoms with E-state index in [-0.39, 0.29) is 5.54 Å². The van der Waals surface area contributed by atoms with Crippen molar-refractivity contribution in [1.29, 1.82) is 0 Å². The molecule has 0 bridgehead atoms. The van der Waals surface area contributed by atoms with Gasteiger partial charge in [0.05, 0.1) is 5.54 Å². The van der Waals surface area contributed by atoms with Crippen molar-refractivity contribution in [3.8, 4) is 0 Å². The van der Waals surface area contributed by atoms with Crippen LogP contribution in [0.25, 0.3) is 5.57 Å². The molecule has 0 fully saturated rings. The maximum absolute atomic E-state index is 4.69. The van der Waals surface area contributed by atoms with E-state index >= 15 is 0 Å². The van der Waals surface area contributed by atoms with Crippen molar-refractivity contribution in [2.75, 3.05) is 0 Å². The van der Waals surface area contributed by atoms with Gasteiger partial charge < -0.3 is 0 Å². The minimum absolute atomic E-state index is 0.0398. The summed E-state index contributed by atoms with van der Waals surface area (Å²) in [5.74, 6) is 0.495. The second kappa shape index (κ2) is 5.63. The quantitative estimate of drug-likeness (QED) is 0.620. The predicted octanol–water partition coefficient (Wildman–Crippen LogP) is 5.66. The van der Waals surface area contributed by atoms with Crippen molar-refractivity contribution in [2.45, 2.75) is 54.0 Å². The summed E-state index contributed by atoms with van der Waals surface area (Å²) in [6.07, 6.45) is 2.03. The van der Waals surface area contributed by atoms with Crippen LogP contribution in [0.2, 0.25) is 0 Å². The molecule has 0 aromatic heterocycles. The summed E-state index contributed by atoms with van der Waals surface area (Å²) in [6, 6.07) is 8.61. The lowest BCUT2D eigenvalue weighted by atomic mass is 9.89. The molecule has 0 radical (unpaired) electrons. The summed E-state index contributed by atoms with van der Waals surface area (Å²) in [5.41, 5.74) is 8.33. The molecule has 112 valence electrons. The molecule has 21 heavy (non-hydrogen) atoms. The lowest BCUT2D eigenvalue weighted by Gasteiger charge is -2.17. The zero-order valence-corrected chi connectivity index (χ0v) is 14.4. The Bertz CT molecular complexity index is 636. The van der Waals surface area contributed by atoms with E-state index in [1.165, 1.54) is 33.4 Å². The van der Waals surface area contributed by atoms with Crippen LogP contribution in [0.3, 0.4) is 0 Å². The van der Waals surface area contributed by atoms with E-state index in [9.17, 15) is 0 Å². The molecular weight excluding hydrogens is 254 g/mol. The third kappa shape index (κ3) is 3.18. The van der Waals surface area contributed by atoms with Gasteiger partial charge in [0, 0.05) is 12.1 Å². The van der Waals surface area contributed by atoms with E-state index in [1.807, 2.05) is 6.21 Å². The van der Waals surface area contributed by atoms with Crippen molar-refractivity contribution < 1.29 is 0 Å². The predicted molar refractivity (Wildman–Crippen MR) is 93.9 cm³/mol. The van der Waals surface area contributed by atoms with Crippen molar-refractivity contribution in [3.05, 3.63) is 52.1 Å². The molecule has 2 rings (SSSR count). The summed E-state index contributed by atoms with van der Waals surface area (Å²) in [4.78, 5) is 4.69. The van der Waals surface area contributed by atoms with Crippen molar-refractivity contribution in [3.63, 3.8) is 0 Å². The maximum Gasteiger partial charge on any atom is 0.0524 e. The van der Waals surface area contributed by atoms with Crippen LogP contribution in [-0.2, 0) is 0 Å². The zero-order valence-electron chi connectivity index (χ0n) is 14.4. The van der Waals surface area contributed by atoms with Crippen LogP contribution in [0.15, 0.2) is 46.0 Å². The highest BCUT2D eigenvalue weighted by Gasteiger charge is 2.25. The van der Waals surface area contributed by atoms with E-state index in [0.29, 0.717) is 5.92 Å². The second-order valence-corrected chi connectivity index (χ2v) is 7.08. The van der Waals surface area contributed by atoms with Crippen LogP contribution in [0.1, 0.15) is 59.6 Å². The average Bonchev–Trinajstić information content (AvgIpc) is 2.61. The van der Waals surface area contributed by atoms with Gasteiger partial charge in [-0.25, -0.2) is 0 Å². The molecular formula is C20H27N. The topological polar surface area (TPSA) is 12.4 Å². The van der Waals surface area contributed by atoms with Gasteiger partial charge in [-0.1, -0.05) is 36.8 Å². The van der Waals surface area contributed by atoms with Gasteiger partial charge in [0.15, 0.2) is 0 Å². The van der Waals surface area contributed by atoms with Crippen molar-refractivity contribution >= 4 is 11.8 Å². The third-order valence-electron chi connectivity index (χ3n) is 4.48. The molecule has 1 heteroatoms. The fourth-order valence-corrected chi connectivity index (χ4v) is 2.92. The van der Waals surface area contributed by atoms with E-state index in [1.54, 1.807) is 0 Å². The first-order valence-electron chi connectivity index (χ1n) is 7.75. The summed E-state index contributed by atoms with van der Waals surface area (Å²) < 4.78 is 0. The monoisotopic (exact) mass is 281 g/mol. The smallest absolute Gasteiger partial charge is 0.0524 e. The Kier molecular flexibility index (Phi) is 4.22. The molecule has 1 aliphatic rings. The van der Waals surface area contributed by atoms with Gasteiger partial charge in [-0.2, -0.15) is 0 Å². The number of hydrogen-bond donors (Lipinski definition) is 0. The molecule has 0 amide bonds. The highest BCUT2D eigenvalue weighted by atomic mass is 14.8. The SMILES string of the molecule is CC1=C(C)C(C)C(c2ccccc2C=NC(C)(C)C)=C1C. The second-order valence-electron chi connectivity index (χ2n) is 7.08. The standard InChI is InChI=1S/C20H27N/c1-13-14(2)16(4)19(15(13)3)18-11-9-8-10-17(18)12-21-20(5,6)7/h8-12,15H,1-7H3. The Hall–Kier alpha value is -1.63. The number of allylic oxidation sites excluding steroid dienone is 4. The zero-order chi connectivity index (χ0) is 15.8. The molecule has 1 aliphatic carbocycles. The van der Waals surface area contributed by atoms with E-state index in [2.05, 4.69) is 77.7 Å². The molecule has 1 aromatic carbocycles. The number of aliphatic imine (C=N–C) groups is 1. The van der Waals surface area contributed by atoms with Crippen molar-refractivity contribution in [1.82, 2.24) is 0 Å². The highest BCUT2D eigenvalue weighted by Crippen LogP contribution is 2.42. The largest absolute Gasteiger partial charge is 0.287 e. The molecule has 0 saturated heterocycles. The normalized spacial score (nSPS) is 20.0. The molecule has 1 aromatic rings. The van der Waals surface area contributed by atoms with Crippen LogP contribution >= 0.6 is 0 Å². The van der Waals surface area contributed by atoms with Gasteiger partial charge in [-0.15, -0.1) is 0 Å². The Morgan fingerprint density at radius 3 is 2.14 bits per heavy atom. The van der Waals surface area contributed by atoms with Gasteiger partial charge in [0.25, 0.3) is 0 Å². The first kappa shape index (κ1) is 15.8. The summed E-state index contributed by atoms with van der Waals surface area (Å²) in [6.45, 7) is 15.4. The van der Waals surface area contributed by atoms with Gasteiger partial charge >= 0.3 is 0 Å². The minimum Gasteiger partial charge on any atom is -0.287 e. The molecule has 0 N–H and O–H groups in total. The fraction of sp³-hybridized carbons (Fsp3) is 0.450. The van der Waals surface area contributed by atoms with E-state index in [4.69, 9.17) is 0 Å². The first-order chi connectivity index (χ1) is 9.72. The molecule has 0 aliphatic heterocycles. The highest BCUT2D eigenvalue weighted by molar-refractivity contribution is 5.92. The summed E-state index contributed by atoms with van der Waals surface area (Å²) in [5, 5.41) is 0. The molecule has 0 heterocycles. The molecule has 1 atom stereocenters. The first-order valence-corrected chi connectivity index (χ1v) is 7.75.